The average Bonchev–Trinajstić information content (AvgIpc) is 2.39. The first-order valence-corrected chi connectivity index (χ1v) is 7.24. The van der Waals surface area contributed by atoms with Crippen LogP contribution in [0.3, 0.4) is 0 Å². The van der Waals surface area contributed by atoms with E-state index in [1.54, 1.807) is 0 Å². The smallest absolute Gasteiger partial charge is 0.143 e. The predicted octanol–water partition coefficient (Wildman–Crippen LogP) is 3.16. The van der Waals surface area contributed by atoms with Crippen LogP contribution < -0.4 is 5.73 Å². The van der Waals surface area contributed by atoms with Gasteiger partial charge in [-0.3, -0.25) is 4.90 Å². The number of benzene rings is 1. The van der Waals surface area contributed by atoms with Gasteiger partial charge in [0.1, 0.15) is 11.6 Å². The van der Waals surface area contributed by atoms with E-state index in [1.165, 1.54) is 12.1 Å². The fraction of sp³-hybridized carbons (Fsp3) is 0.538. The van der Waals surface area contributed by atoms with Crippen LogP contribution in [-0.4, -0.2) is 24.5 Å². The molecule has 1 aliphatic rings. The second-order valence-corrected chi connectivity index (χ2v) is 5.96. The summed E-state index contributed by atoms with van der Waals surface area (Å²) < 4.78 is 28.0. The summed E-state index contributed by atoms with van der Waals surface area (Å²) in [4.78, 5) is 2.10. The molecule has 6 heteroatoms. The summed E-state index contributed by atoms with van der Waals surface area (Å²) in [6.07, 6.45) is 2.17. The zero-order chi connectivity index (χ0) is 13.1. The van der Waals surface area contributed by atoms with Crippen molar-refractivity contribution in [1.82, 2.24) is 4.90 Å². The molecule has 1 atom stereocenters. The third-order valence-corrected chi connectivity index (χ3v) is 4.29. The largest absolute Gasteiger partial charge is 0.330 e. The summed E-state index contributed by atoms with van der Waals surface area (Å²) in [5.41, 5.74) is 5.85. The zero-order valence-electron chi connectivity index (χ0n) is 10.5. The monoisotopic (exact) mass is 402 g/mol. The second kappa shape index (κ2) is 7.71. The van der Waals surface area contributed by atoms with Gasteiger partial charge in [0.2, 0.25) is 0 Å². The Morgan fingerprint density at radius 2 is 2.11 bits per heavy atom. The van der Waals surface area contributed by atoms with E-state index in [2.05, 4.69) is 4.90 Å². The van der Waals surface area contributed by atoms with Crippen molar-refractivity contribution in [3.05, 3.63) is 32.9 Å². The van der Waals surface area contributed by atoms with Crippen molar-refractivity contribution in [2.45, 2.75) is 19.4 Å². The van der Waals surface area contributed by atoms with E-state index in [1.807, 2.05) is 22.6 Å². The van der Waals surface area contributed by atoms with Gasteiger partial charge >= 0.3 is 0 Å². The molecule has 0 aromatic heterocycles. The van der Waals surface area contributed by atoms with Crippen LogP contribution in [0.1, 0.15) is 18.4 Å². The van der Waals surface area contributed by atoms with Gasteiger partial charge in [-0.15, -0.1) is 12.4 Å². The lowest BCUT2D eigenvalue weighted by atomic mass is 9.98. The summed E-state index contributed by atoms with van der Waals surface area (Å²) in [5.74, 6) is -0.430. The standard InChI is InChI=1S/C13H17F2IN2.ClH/c14-11-3-4-12(16)13(15)10(11)8-18-5-1-2-9(6-17)7-18;/h3-4,9H,1-2,5-8,17H2;1H. The molecule has 2 rings (SSSR count). The molecule has 19 heavy (non-hydrogen) atoms. The maximum atomic E-state index is 13.9. The number of hydrogen-bond donors (Lipinski definition) is 1. The molecule has 0 amide bonds. The number of rotatable bonds is 3. The van der Waals surface area contributed by atoms with Crippen LogP contribution >= 0.6 is 35.0 Å². The molecule has 1 aromatic carbocycles. The molecule has 0 aliphatic carbocycles. The zero-order valence-corrected chi connectivity index (χ0v) is 13.5. The highest BCUT2D eigenvalue weighted by Crippen LogP contribution is 2.23. The van der Waals surface area contributed by atoms with Gasteiger partial charge in [0.25, 0.3) is 0 Å². The lowest BCUT2D eigenvalue weighted by molar-refractivity contribution is 0.167. The molecular weight excluding hydrogens is 385 g/mol. The highest BCUT2D eigenvalue weighted by atomic mass is 127. The van der Waals surface area contributed by atoms with Crippen molar-refractivity contribution < 1.29 is 8.78 Å². The Hall–Kier alpha value is 0.0200. The summed E-state index contributed by atoms with van der Waals surface area (Å²) in [6.45, 7) is 2.71. The highest BCUT2D eigenvalue weighted by Gasteiger charge is 2.21. The Morgan fingerprint density at radius 3 is 2.79 bits per heavy atom. The first-order valence-electron chi connectivity index (χ1n) is 6.16. The van der Waals surface area contributed by atoms with Crippen molar-refractivity contribution in [3.8, 4) is 0 Å². The number of hydrogen-bond acceptors (Lipinski definition) is 2. The Balaban J connectivity index is 0.00000180. The fourth-order valence-corrected chi connectivity index (χ4v) is 2.93. The molecule has 2 nitrogen and oxygen atoms in total. The van der Waals surface area contributed by atoms with E-state index in [0.717, 1.165) is 25.9 Å². The Morgan fingerprint density at radius 1 is 1.37 bits per heavy atom. The average molecular weight is 403 g/mol. The van der Waals surface area contributed by atoms with E-state index in [4.69, 9.17) is 5.73 Å². The molecule has 108 valence electrons. The van der Waals surface area contributed by atoms with Crippen molar-refractivity contribution in [1.29, 1.82) is 0 Å². The van der Waals surface area contributed by atoms with Crippen LogP contribution in [0.4, 0.5) is 8.78 Å². The van der Waals surface area contributed by atoms with Crippen molar-refractivity contribution in [2.75, 3.05) is 19.6 Å². The fourth-order valence-electron chi connectivity index (χ4n) is 2.42. The van der Waals surface area contributed by atoms with Crippen molar-refractivity contribution in [3.63, 3.8) is 0 Å². The van der Waals surface area contributed by atoms with Gasteiger partial charge in [0.15, 0.2) is 0 Å². The minimum Gasteiger partial charge on any atom is -0.330 e. The third kappa shape index (κ3) is 4.24. The van der Waals surface area contributed by atoms with Gasteiger partial charge in [-0.2, -0.15) is 0 Å². The highest BCUT2D eigenvalue weighted by molar-refractivity contribution is 14.1. The summed E-state index contributed by atoms with van der Waals surface area (Å²) in [6, 6.07) is 2.80. The first-order chi connectivity index (χ1) is 8.61. The Kier molecular flexibility index (Phi) is 6.93. The molecule has 1 fully saturated rings. The molecule has 1 heterocycles. The molecule has 1 aromatic rings. The molecular formula is C13H18ClF2IN2. The van der Waals surface area contributed by atoms with Crippen molar-refractivity contribution in [2.24, 2.45) is 11.7 Å². The predicted molar refractivity (Wildman–Crippen MR) is 83.4 cm³/mol. The second-order valence-electron chi connectivity index (χ2n) is 4.80. The van der Waals surface area contributed by atoms with Gasteiger partial charge in [0, 0.05) is 22.2 Å². The van der Waals surface area contributed by atoms with Crippen LogP contribution in [0, 0.1) is 21.1 Å². The summed E-state index contributed by atoms with van der Waals surface area (Å²) in [5, 5.41) is 0. The number of likely N-dealkylation sites (tertiary alicyclic amines) is 1. The van der Waals surface area contributed by atoms with E-state index in [0.29, 0.717) is 22.6 Å². The SMILES string of the molecule is Cl.NCC1CCCN(Cc2c(F)ccc(I)c2F)C1. The van der Waals surface area contributed by atoms with Gasteiger partial charge in [-0.05, 0) is 66.6 Å². The van der Waals surface area contributed by atoms with Crippen LogP contribution in [-0.2, 0) is 6.54 Å². The molecule has 0 bridgehead atoms. The van der Waals surface area contributed by atoms with E-state index in [-0.39, 0.29) is 18.0 Å². The number of nitrogens with two attached hydrogens (primary N) is 1. The molecule has 1 unspecified atom stereocenters. The minimum atomic E-state index is -0.456. The van der Waals surface area contributed by atoms with E-state index < -0.39 is 11.6 Å². The van der Waals surface area contributed by atoms with Gasteiger partial charge in [0.05, 0.1) is 0 Å². The number of nitrogens with zero attached hydrogens (tertiary/aromatic N) is 1. The Bertz CT molecular complexity index is 431. The van der Waals surface area contributed by atoms with Gasteiger partial charge in [-0.25, -0.2) is 8.78 Å². The first kappa shape index (κ1) is 17.1. The van der Waals surface area contributed by atoms with Crippen LogP contribution in [0.5, 0.6) is 0 Å². The molecule has 1 saturated heterocycles. The van der Waals surface area contributed by atoms with Crippen LogP contribution in [0.25, 0.3) is 0 Å². The maximum absolute atomic E-state index is 13.9. The topological polar surface area (TPSA) is 29.3 Å². The van der Waals surface area contributed by atoms with Crippen molar-refractivity contribution >= 4 is 35.0 Å². The number of halogens is 4. The normalized spacial score (nSPS) is 20.1. The third-order valence-electron chi connectivity index (χ3n) is 3.46. The van der Waals surface area contributed by atoms with Crippen LogP contribution in [0.2, 0.25) is 0 Å². The van der Waals surface area contributed by atoms with Gasteiger partial charge in [-0.1, -0.05) is 0 Å². The summed E-state index contributed by atoms with van der Waals surface area (Å²) in [7, 11) is 0. The number of piperidine rings is 1. The molecule has 0 spiro atoms. The van der Waals surface area contributed by atoms with Crippen LogP contribution in [0.15, 0.2) is 12.1 Å². The quantitative estimate of drug-likeness (QED) is 0.622. The minimum absolute atomic E-state index is 0. The maximum Gasteiger partial charge on any atom is 0.143 e. The Labute approximate surface area is 132 Å². The lowest BCUT2D eigenvalue weighted by Crippen LogP contribution is -2.38. The van der Waals surface area contributed by atoms with E-state index >= 15 is 0 Å². The lowest BCUT2D eigenvalue weighted by Gasteiger charge is -2.32. The molecule has 0 saturated carbocycles. The molecule has 2 N–H and O–H groups in total. The summed E-state index contributed by atoms with van der Waals surface area (Å²) >= 11 is 1.89. The van der Waals surface area contributed by atoms with E-state index in [9.17, 15) is 8.78 Å². The molecule has 1 aliphatic heterocycles. The van der Waals surface area contributed by atoms with Gasteiger partial charge < -0.3 is 5.73 Å². The molecule has 0 radical (unpaired) electrons.